The first-order valence-electron chi connectivity index (χ1n) is 4.80. The maximum Gasteiger partial charge on any atom is 0.270 e. The fourth-order valence-corrected chi connectivity index (χ4v) is 1.79. The summed E-state index contributed by atoms with van der Waals surface area (Å²) in [6, 6.07) is 4.80. The Morgan fingerprint density at radius 2 is 1.65 bits per heavy atom. The summed E-state index contributed by atoms with van der Waals surface area (Å²) in [5, 5.41) is 3.49. The minimum Gasteiger partial charge on any atom is -0.267 e. The summed E-state index contributed by atoms with van der Waals surface area (Å²) in [4.78, 5) is 26.9. The van der Waals surface area contributed by atoms with Crippen LogP contribution in [-0.4, -0.2) is 16.8 Å². The second kappa shape index (κ2) is 5.22. The summed E-state index contributed by atoms with van der Waals surface area (Å²) in [5.74, 6) is -0.718. The molecule has 0 fully saturated rings. The van der Waals surface area contributed by atoms with Crippen LogP contribution in [0.5, 0.6) is 0 Å². The van der Waals surface area contributed by atoms with E-state index in [0.29, 0.717) is 11.1 Å². The number of rotatable bonds is 2. The fourth-order valence-electron chi connectivity index (χ4n) is 1.15. The zero-order valence-corrected chi connectivity index (χ0v) is 9.53. The number of nitrogens with one attached hydrogen (secondary N) is 2. The van der Waals surface area contributed by atoms with Gasteiger partial charge in [0.15, 0.2) is 0 Å². The van der Waals surface area contributed by atoms with Gasteiger partial charge < -0.3 is 0 Å². The molecule has 0 aromatic carbocycles. The van der Waals surface area contributed by atoms with Crippen LogP contribution < -0.4 is 10.9 Å². The van der Waals surface area contributed by atoms with Gasteiger partial charge in [0.05, 0.1) is 5.56 Å². The topological polar surface area (TPSA) is 71.1 Å². The highest BCUT2D eigenvalue weighted by Crippen LogP contribution is 2.04. The number of amides is 2. The molecule has 86 valence electrons. The monoisotopic (exact) mass is 247 g/mol. The number of hydrogen-bond acceptors (Lipinski definition) is 4. The van der Waals surface area contributed by atoms with Crippen LogP contribution in [0.25, 0.3) is 0 Å². The van der Waals surface area contributed by atoms with Crippen LogP contribution in [0.1, 0.15) is 20.7 Å². The van der Waals surface area contributed by atoms with Gasteiger partial charge in [-0.2, -0.15) is 11.3 Å². The van der Waals surface area contributed by atoms with Crippen LogP contribution in [0.4, 0.5) is 0 Å². The molecule has 0 aliphatic rings. The summed E-state index contributed by atoms with van der Waals surface area (Å²) >= 11 is 1.42. The van der Waals surface area contributed by atoms with Gasteiger partial charge in [0.1, 0.15) is 0 Å². The van der Waals surface area contributed by atoms with Crippen molar-refractivity contribution in [1.29, 1.82) is 0 Å². The van der Waals surface area contributed by atoms with Gasteiger partial charge in [0.2, 0.25) is 0 Å². The van der Waals surface area contributed by atoms with Crippen LogP contribution in [0.2, 0.25) is 0 Å². The Bertz CT molecular complexity index is 511. The van der Waals surface area contributed by atoms with E-state index in [1.165, 1.54) is 23.7 Å². The Balaban J connectivity index is 1.91. The predicted molar refractivity (Wildman–Crippen MR) is 63.5 cm³/mol. The number of hydrogen-bond donors (Lipinski definition) is 2. The van der Waals surface area contributed by atoms with Gasteiger partial charge in [-0.25, -0.2) is 0 Å². The van der Waals surface area contributed by atoms with E-state index in [-0.39, 0.29) is 11.8 Å². The second-order valence-electron chi connectivity index (χ2n) is 3.16. The Morgan fingerprint density at radius 1 is 1.00 bits per heavy atom. The normalized spacial score (nSPS) is 9.65. The molecule has 5 nitrogen and oxygen atoms in total. The quantitative estimate of drug-likeness (QED) is 0.784. The Kier molecular flexibility index (Phi) is 3.46. The lowest BCUT2D eigenvalue weighted by Crippen LogP contribution is -2.41. The van der Waals surface area contributed by atoms with Gasteiger partial charge in [0, 0.05) is 23.3 Å². The van der Waals surface area contributed by atoms with Crippen LogP contribution in [-0.2, 0) is 0 Å². The van der Waals surface area contributed by atoms with Crippen molar-refractivity contribution >= 4 is 23.2 Å². The van der Waals surface area contributed by atoms with Crippen molar-refractivity contribution in [2.24, 2.45) is 0 Å². The fraction of sp³-hybridized carbons (Fsp3) is 0. The van der Waals surface area contributed by atoms with Gasteiger partial charge >= 0.3 is 0 Å². The zero-order valence-electron chi connectivity index (χ0n) is 8.71. The molecule has 0 bridgehead atoms. The number of pyridine rings is 1. The Labute approximate surface area is 101 Å². The molecule has 0 saturated carbocycles. The van der Waals surface area contributed by atoms with Crippen molar-refractivity contribution in [3.63, 3.8) is 0 Å². The number of carbonyl (C=O) groups excluding carboxylic acids is 2. The first-order valence-corrected chi connectivity index (χ1v) is 5.74. The third-order valence-electron chi connectivity index (χ3n) is 2.02. The van der Waals surface area contributed by atoms with E-state index in [9.17, 15) is 9.59 Å². The molecular weight excluding hydrogens is 238 g/mol. The van der Waals surface area contributed by atoms with E-state index < -0.39 is 0 Å². The van der Waals surface area contributed by atoms with Gasteiger partial charge in [0.25, 0.3) is 11.8 Å². The maximum absolute atomic E-state index is 11.6. The van der Waals surface area contributed by atoms with Crippen LogP contribution in [0.3, 0.4) is 0 Å². The summed E-state index contributed by atoms with van der Waals surface area (Å²) in [5.41, 5.74) is 5.61. The lowest BCUT2D eigenvalue weighted by molar-refractivity contribution is 0.0847. The van der Waals surface area contributed by atoms with E-state index in [4.69, 9.17) is 0 Å². The largest absolute Gasteiger partial charge is 0.270 e. The van der Waals surface area contributed by atoms with Gasteiger partial charge in [-0.1, -0.05) is 0 Å². The van der Waals surface area contributed by atoms with Gasteiger partial charge in [-0.05, 0) is 23.6 Å². The molecular formula is C11H9N3O2S. The molecule has 0 atom stereocenters. The summed E-state index contributed by atoms with van der Waals surface area (Å²) in [6.45, 7) is 0. The molecule has 0 aliphatic carbocycles. The Hall–Kier alpha value is -2.21. The number of aromatic nitrogens is 1. The molecule has 2 heterocycles. The van der Waals surface area contributed by atoms with Crippen molar-refractivity contribution in [3.05, 3.63) is 52.5 Å². The van der Waals surface area contributed by atoms with E-state index in [1.807, 2.05) is 0 Å². The van der Waals surface area contributed by atoms with Crippen molar-refractivity contribution in [3.8, 4) is 0 Å². The molecule has 2 rings (SSSR count). The molecule has 0 radical (unpaired) electrons. The molecule has 0 spiro atoms. The number of nitrogens with zero attached hydrogens (tertiary/aromatic N) is 1. The minimum absolute atomic E-state index is 0.339. The molecule has 0 aliphatic heterocycles. The zero-order chi connectivity index (χ0) is 12.1. The SMILES string of the molecule is O=C(NNC(=O)c1ccsc1)c1ccncc1. The Morgan fingerprint density at radius 3 is 2.24 bits per heavy atom. The standard InChI is InChI=1S/C11H9N3O2S/c15-10(8-1-4-12-5-2-8)13-14-11(16)9-3-6-17-7-9/h1-7H,(H,13,15)(H,14,16). The molecule has 2 amide bonds. The maximum atomic E-state index is 11.6. The van der Waals surface area contributed by atoms with Gasteiger partial charge in [-0.3, -0.25) is 25.4 Å². The van der Waals surface area contributed by atoms with Gasteiger partial charge in [-0.15, -0.1) is 0 Å². The summed E-state index contributed by atoms with van der Waals surface area (Å²) in [7, 11) is 0. The van der Waals surface area contributed by atoms with E-state index >= 15 is 0 Å². The van der Waals surface area contributed by atoms with Crippen LogP contribution >= 0.6 is 11.3 Å². The predicted octanol–water partition coefficient (Wildman–Crippen LogP) is 1.22. The average Bonchev–Trinajstić information content (AvgIpc) is 2.90. The molecule has 2 aromatic heterocycles. The van der Waals surface area contributed by atoms with Crippen molar-refractivity contribution < 1.29 is 9.59 Å². The van der Waals surface area contributed by atoms with Crippen molar-refractivity contribution in [1.82, 2.24) is 15.8 Å². The van der Waals surface area contributed by atoms with E-state index in [0.717, 1.165) is 0 Å². The molecule has 17 heavy (non-hydrogen) atoms. The molecule has 2 N–H and O–H groups in total. The number of hydrazine groups is 1. The number of thiophene rings is 1. The smallest absolute Gasteiger partial charge is 0.267 e. The molecule has 6 heteroatoms. The lowest BCUT2D eigenvalue weighted by atomic mass is 10.2. The molecule has 0 saturated heterocycles. The lowest BCUT2D eigenvalue weighted by Gasteiger charge is -2.05. The first kappa shape index (κ1) is 11.3. The highest BCUT2D eigenvalue weighted by Gasteiger charge is 2.08. The third kappa shape index (κ3) is 2.88. The van der Waals surface area contributed by atoms with Crippen molar-refractivity contribution in [2.75, 3.05) is 0 Å². The third-order valence-corrected chi connectivity index (χ3v) is 2.70. The van der Waals surface area contributed by atoms with Crippen LogP contribution in [0.15, 0.2) is 41.4 Å². The highest BCUT2D eigenvalue weighted by molar-refractivity contribution is 7.08. The van der Waals surface area contributed by atoms with E-state index in [1.54, 1.807) is 29.0 Å². The molecule has 2 aromatic rings. The van der Waals surface area contributed by atoms with Crippen molar-refractivity contribution in [2.45, 2.75) is 0 Å². The van der Waals surface area contributed by atoms with Crippen LogP contribution in [0, 0.1) is 0 Å². The van der Waals surface area contributed by atoms with E-state index in [2.05, 4.69) is 15.8 Å². The summed E-state index contributed by atoms with van der Waals surface area (Å²) < 4.78 is 0. The number of carbonyl (C=O) groups is 2. The first-order chi connectivity index (χ1) is 8.27. The average molecular weight is 247 g/mol. The molecule has 0 unspecified atom stereocenters. The minimum atomic E-state index is -0.379. The second-order valence-corrected chi connectivity index (χ2v) is 3.94. The highest BCUT2D eigenvalue weighted by atomic mass is 32.1. The summed E-state index contributed by atoms with van der Waals surface area (Å²) in [6.07, 6.45) is 3.02.